The molecule has 0 unspecified atom stereocenters. The molecule has 0 radical (unpaired) electrons. The van der Waals surface area contributed by atoms with Crippen molar-refractivity contribution in [2.45, 2.75) is 38.3 Å². The van der Waals surface area contributed by atoms with Crippen LogP contribution in [0, 0.1) is 12.8 Å². The van der Waals surface area contributed by atoms with Gasteiger partial charge in [-0.3, -0.25) is 9.48 Å². The summed E-state index contributed by atoms with van der Waals surface area (Å²) < 4.78 is 1.90. The van der Waals surface area contributed by atoms with Gasteiger partial charge in [0.05, 0.1) is 12.2 Å². The average molecular weight is 322 g/mol. The smallest absolute Gasteiger partial charge is 0.223 e. The van der Waals surface area contributed by atoms with Crippen LogP contribution in [0.4, 0.5) is 0 Å². The van der Waals surface area contributed by atoms with E-state index in [1.807, 2.05) is 41.6 Å². The maximum atomic E-state index is 12.2. The number of carbonyl (C=O) groups is 1. The molecule has 3 atom stereocenters. The summed E-state index contributed by atoms with van der Waals surface area (Å²) in [5.41, 5.74) is 2.35. The fourth-order valence-corrected chi connectivity index (χ4v) is 4.73. The molecule has 0 spiro atoms. The molecule has 0 saturated carbocycles. The van der Waals surface area contributed by atoms with Gasteiger partial charge in [0.15, 0.2) is 0 Å². The summed E-state index contributed by atoms with van der Waals surface area (Å²) >= 11 is 2.04. The van der Waals surface area contributed by atoms with Crippen LogP contribution in [0.15, 0.2) is 6.20 Å². The Balaban J connectivity index is 1.71. The Labute approximate surface area is 136 Å². The largest absolute Gasteiger partial charge is 0.338 e. The highest BCUT2D eigenvalue weighted by Gasteiger charge is 2.40. The maximum absolute atomic E-state index is 12.2. The van der Waals surface area contributed by atoms with Crippen LogP contribution in [0.25, 0.3) is 0 Å². The minimum absolute atomic E-state index is 0.157. The maximum Gasteiger partial charge on any atom is 0.223 e. The molecular formula is C16H26N4OS. The molecule has 0 aromatic carbocycles. The molecule has 3 heterocycles. The van der Waals surface area contributed by atoms with Gasteiger partial charge in [-0.2, -0.15) is 16.9 Å². The Bertz CT molecular complexity index is 538. The van der Waals surface area contributed by atoms with Crippen molar-refractivity contribution in [1.29, 1.82) is 0 Å². The van der Waals surface area contributed by atoms with Crippen molar-refractivity contribution >= 4 is 17.7 Å². The molecule has 0 aliphatic carbocycles. The average Bonchev–Trinajstić information content (AvgIpc) is 2.99. The molecule has 2 aliphatic rings. The molecule has 122 valence electrons. The quantitative estimate of drug-likeness (QED) is 0.917. The lowest BCUT2D eigenvalue weighted by atomic mass is 9.93. The molecule has 1 amide bonds. The van der Waals surface area contributed by atoms with Crippen LogP contribution in [0.1, 0.15) is 36.6 Å². The predicted molar refractivity (Wildman–Crippen MR) is 89.9 cm³/mol. The first-order valence-electron chi connectivity index (χ1n) is 8.13. The van der Waals surface area contributed by atoms with Crippen LogP contribution in [0.5, 0.6) is 0 Å². The van der Waals surface area contributed by atoms with Crippen molar-refractivity contribution in [2.24, 2.45) is 13.0 Å². The molecule has 1 N–H and O–H groups in total. The molecule has 6 heteroatoms. The van der Waals surface area contributed by atoms with E-state index >= 15 is 0 Å². The Hall–Kier alpha value is -1.01. The van der Waals surface area contributed by atoms with E-state index in [9.17, 15) is 4.79 Å². The van der Waals surface area contributed by atoms with Crippen LogP contribution in [0.3, 0.4) is 0 Å². The van der Waals surface area contributed by atoms with E-state index in [1.54, 1.807) is 0 Å². The summed E-state index contributed by atoms with van der Waals surface area (Å²) in [4.78, 5) is 14.1. The van der Waals surface area contributed by atoms with Gasteiger partial charge >= 0.3 is 0 Å². The highest BCUT2D eigenvalue weighted by Crippen LogP contribution is 2.38. The van der Waals surface area contributed by atoms with Crippen molar-refractivity contribution in [1.82, 2.24) is 20.0 Å². The first kappa shape index (κ1) is 15.9. The van der Waals surface area contributed by atoms with Crippen molar-refractivity contribution in [3.05, 3.63) is 17.5 Å². The standard InChI is InChI=1S/C16H26N4OS/c1-11-14(9-18-20(11)3)16-12(7-15(21)19(16)2)8-17-13-5-4-6-22-10-13/h9,12-13,16-17H,4-8,10H2,1-3H3/t12-,13+,16+/m0/s1. The molecule has 2 fully saturated rings. The molecule has 2 aliphatic heterocycles. The summed E-state index contributed by atoms with van der Waals surface area (Å²) in [6, 6.07) is 0.764. The van der Waals surface area contributed by atoms with Crippen molar-refractivity contribution in [3.8, 4) is 0 Å². The predicted octanol–water partition coefficient (Wildman–Crippen LogP) is 1.73. The summed E-state index contributed by atoms with van der Waals surface area (Å²) in [6.45, 7) is 3.00. The van der Waals surface area contributed by atoms with Crippen LogP contribution in [-0.4, -0.2) is 51.7 Å². The van der Waals surface area contributed by atoms with E-state index in [2.05, 4.69) is 17.3 Å². The molecule has 22 heavy (non-hydrogen) atoms. The van der Waals surface area contributed by atoms with Crippen LogP contribution in [-0.2, 0) is 11.8 Å². The van der Waals surface area contributed by atoms with E-state index in [1.165, 1.54) is 29.9 Å². The lowest BCUT2D eigenvalue weighted by Crippen LogP contribution is -2.38. The lowest BCUT2D eigenvalue weighted by Gasteiger charge is -2.28. The van der Waals surface area contributed by atoms with Gasteiger partial charge in [-0.15, -0.1) is 0 Å². The molecule has 2 saturated heterocycles. The lowest BCUT2D eigenvalue weighted by molar-refractivity contribution is -0.127. The number of amides is 1. The van der Waals surface area contributed by atoms with Gasteiger partial charge in [0, 0.05) is 56.0 Å². The second kappa shape index (κ2) is 6.62. The fraction of sp³-hybridized carbons (Fsp3) is 0.750. The zero-order chi connectivity index (χ0) is 15.7. The van der Waals surface area contributed by atoms with Crippen molar-refractivity contribution in [3.63, 3.8) is 0 Å². The normalized spacial score (nSPS) is 29.3. The Morgan fingerprint density at radius 1 is 1.45 bits per heavy atom. The highest BCUT2D eigenvalue weighted by atomic mass is 32.2. The van der Waals surface area contributed by atoms with Crippen LogP contribution >= 0.6 is 11.8 Å². The van der Waals surface area contributed by atoms with Gasteiger partial charge in [0.25, 0.3) is 0 Å². The van der Waals surface area contributed by atoms with Crippen LogP contribution in [0.2, 0.25) is 0 Å². The Morgan fingerprint density at radius 2 is 2.27 bits per heavy atom. The van der Waals surface area contributed by atoms with Gasteiger partial charge in [-0.25, -0.2) is 0 Å². The molecule has 1 aromatic rings. The monoisotopic (exact) mass is 322 g/mol. The minimum atomic E-state index is 0.157. The first-order chi connectivity index (χ1) is 10.6. The topological polar surface area (TPSA) is 50.2 Å². The number of aryl methyl sites for hydroxylation is 1. The number of nitrogens with one attached hydrogen (secondary N) is 1. The molecular weight excluding hydrogens is 296 g/mol. The fourth-order valence-electron chi connectivity index (χ4n) is 3.62. The number of likely N-dealkylation sites (tertiary alicyclic amines) is 1. The van der Waals surface area contributed by atoms with Gasteiger partial charge in [-0.05, 0) is 25.5 Å². The molecule has 0 bridgehead atoms. The number of hydrogen-bond donors (Lipinski definition) is 1. The van der Waals surface area contributed by atoms with Gasteiger partial charge in [-0.1, -0.05) is 0 Å². The third kappa shape index (κ3) is 3.04. The van der Waals surface area contributed by atoms with Gasteiger partial charge in [0.1, 0.15) is 0 Å². The third-order valence-electron chi connectivity index (χ3n) is 5.11. The molecule has 1 aromatic heterocycles. The van der Waals surface area contributed by atoms with E-state index in [0.29, 0.717) is 18.4 Å². The summed E-state index contributed by atoms with van der Waals surface area (Å²) in [5, 5.41) is 8.06. The second-order valence-electron chi connectivity index (χ2n) is 6.54. The van der Waals surface area contributed by atoms with E-state index in [4.69, 9.17) is 0 Å². The first-order valence-corrected chi connectivity index (χ1v) is 9.28. The minimum Gasteiger partial charge on any atom is -0.338 e. The molecule has 3 rings (SSSR count). The highest BCUT2D eigenvalue weighted by molar-refractivity contribution is 7.99. The van der Waals surface area contributed by atoms with E-state index < -0.39 is 0 Å². The number of hydrogen-bond acceptors (Lipinski definition) is 4. The summed E-state index contributed by atoms with van der Waals surface area (Å²) in [6.07, 6.45) is 5.14. The Morgan fingerprint density at radius 3 is 2.91 bits per heavy atom. The van der Waals surface area contributed by atoms with Crippen molar-refractivity contribution in [2.75, 3.05) is 25.1 Å². The number of aromatic nitrogens is 2. The van der Waals surface area contributed by atoms with Gasteiger partial charge < -0.3 is 10.2 Å². The SMILES string of the molecule is Cc1c([C@H]2[C@H](CN[C@@H]3CCCSC3)CC(=O)N2C)cnn1C. The number of rotatable bonds is 4. The zero-order valence-corrected chi connectivity index (χ0v) is 14.5. The molecule has 5 nitrogen and oxygen atoms in total. The number of nitrogens with zero attached hydrogens (tertiary/aromatic N) is 3. The summed E-state index contributed by atoms with van der Waals surface area (Å²) in [7, 11) is 3.89. The third-order valence-corrected chi connectivity index (χ3v) is 6.33. The number of carbonyl (C=O) groups excluding carboxylic acids is 1. The van der Waals surface area contributed by atoms with Gasteiger partial charge in [0.2, 0.25) is 5.91 Å². The second-order valence-corrected chi connectivity index (χ2v) is 7.69. The number of thioether (sulfide) groups is 1. The van der Waals surface area contributed by atoms with E-state index in [0.717, 1.165) is 12.2 Å². The Kier molecular flexibility index (Phi) is 4.78. The van der Waals surface area contributed by atoms with Crippen molar-refractivity contribution < 1.29 is 4.79 Å². The van der Waals surface area contributed by atoms with Crippen LogP contribution < -0.4 is 5.32 Å². The zero-order valence-electron chi connectivity index (χ0n) is 13.7. The summed E-state index contributed by atoms with van der Waals surface area (Å²) in [5.74, 6) is 3.08. The van der Waals surface area contributed by atoms with E-state index in [-0.39, 0.29) is 11.9 Å².